The van der Waals surface area contributed by atoms with Gasteiger partial charge >= 0.3 is 11.9 Å². The molecule has 5 heteroatoms. The molecule has 0 fully saturated rings. The fraction of sp³-hybridized carbons (Fsp3) is 0.841. The second kappa shape index (κ2) is 59.2. The Kier molecular flexibility index (Phi) is 57.3. The third-order valence-electron chi connectivity index (χ3n) is 13.4. The fourth-order valence-corrected chi connectivity index (χ4v) is 8.92. The predicted octanol–water partition coefficient (Wildman–Crippen LogP) is 20.7. The van der Waals surface area contributed by atoms with Crippen molar-refractivity contribution in [2.24, 2.45) is 0 Å². The van der Waals surface area contributed by atoms with Crippen LogP contribution in [0.25, 0.3) is 0 Å². The van der Waals surface area contributed by atoms with Crippen molar-refractivity contribution in [1.82, 2.24) is 0 Å². The maximum Gasteiger partial charge on any atom is 0.306 e. The van der Waals surface area contributed by atoms with Crippen LogP contribution in [-0.4, -0.2) is 37.9 Å². The van der Waals surface area contributed by atoms with Gasteiger partial charge in [0.2, 0.25) is 0 Å². The highest BCUT2D eigenvalue weighted by molar-refractivity contribution is 5.70. The first-order valence-electron chi connectivity index (χ1n) is 30.2. The van der Waals surface area contributed by atoms with Crippen LogP contribution in [0.2, 0.25) is 0 Å². The zero-order valence-corrected chi connectivity index (χ0v) is 45.9. The van der Waals surface area contributed by atoms with E-state index in [1.165, 1.54) is 205 Å². The first-order valence-corrected chi connectivity index (χ1v) is 30.2. The van der Waals surface area contributed by atoms with E-state index in [2.05, 4.69) is 69.4 Å². The molecule has 5 nitrogen and oxygen atoms in total. The van der Waals surface area contributed by atoms with Gasteiger partial charge in [-0.25, -0.2) is 0 Å². The van der Waals surface area contributed by atoms with E-state index in [1.54, 1.807) is 0 Å². The van der Waals surface area contributed by atoms with E-state index in [9.17, 15) is 9.59 Å². The second-order valence-corrected chi connectivity index (χ2v) is 20.2. The number of unbranched alkanes of at least 4 members (excludes halogenated alkanes) is 37. The molecule has 0 amide bonds. The summed E-state index contributed by atoms with van der Waals surface area (Å²) < 4.78 is 17.5. The van der Waals surface area contributed by atoms with Gasteiger partial charge < -0.3 is 14.2 Å². The van der Waals surface area contributed by atoms with E-state index in [1.807, 2.05) is 0 Å². The monoisotopic (exact) mass is 953 g/mol. The summed E-state index contributed by atoms with van der Waals surface area (Å²) in [5.41, 5.74) is 0. The van der Waals surface area contributed by atoms with Crippen molar-refractivity contribution in [3.63, 3.8) is 0 Å². The van der Waals surface area contributed by atoms with Gasteiger partial charge in [-0.3, -0.25) is 9.59 Å². The maximum absolute atomic E-state index is 12.9. The van der Waals surface area contributed by atoms with E-state index >= 15 is 0 Å². The van der Waals surface area contributed by atoms with Crippen LogP contribution >= 0.6 is 0 Å². The van der Waals surface area contributed by atoms with Crippen LogP contribution in [0, 0.1) is 0 Å². The van der Waals surface area contributed by atoms with Gasteiger partial charge in [0.25, 0.3) is 0 Å². The van der Waals surface area contributed by atoms with Gasteiger partial charge in [0, 0.05) is 19.4 Å². The topological polar surface area (TPSA) is 61.8 Å². The van der Waals surface area contributed by atoms with Crippen LogP contribution in [-0.2, 0) is 23.8 Å². The van der Waals surface area contributed by atoms with Crippen LogP contribution in [0.3, 0.4) is 0 Å². The Morgan fingerprint density at radius 1 is 0.338 bits per heavy atom. The van der Waals surface area contributed by atoms with Gasteiger partial charge in [-0.15, -0.1) is 0 Å². The Morgan fingerprint density at radius 3 is 1.06 bits per heavy atom. The lowest BCUT2D eigenvalue weighted by Crippen LogP contribution is -2.30. The molecule has 0 aliphatic heterocycles. The number of rotatable bonds is 56. The Balaban J connectivity index is 4.26. The smallest absolute Gasteiger partial charge is 0.306 e. The number of esters is 2. The fourth-order valence-electron chi connectivity index (χ4n) is 8.92. The number of ether oxygens (including phenoxy) is 3. The second-order valence-electron chi connectivity index (χ2n) is 20.2. The van der Waals surface area contributed by atoms with E-state index in [0.29, 0.717) is 19.4 Å². The normalized spacial score (nSPS) is 12.5. The number of carbonyl (C=O) groups excluding carboxylic acids is 2. The third kappa shape index (κ3) is 56.4. The van der Waals surface area contributed by atoms with Gasteiger partial charge in [-0.2, -0.15) is 0 Å². The summed E-state index contributed by atoms with van der Waals surface area (Å²) in [5.74, 6) is -0.404. The molecular weight excluding hydrogens is 837 g/mol. The lowest BCUT2D eigenvalue weighted by atomic mass is 10.0. The average Bonchev–Trinajstić information content (AvgIpc) is 3.34. The Bertz CT molecular complexity index is 1120. The molecule has 1 atom stereocenters. The first-order chi connectivity index (χ1) is 33.6. The average molecular weight is 954 g/mol. The van der Waals surface area contributed by atoms with Gasteiger partial charge in [0.1, 0.15) is 6.61 Å². The molecule has 68 heavy (non-hydrogen) atoms. The van der Waals surface area contributed by atoms with E-state index in [-0.39, 0.29) is 25.2 Å². The molecule has 0 aliphatic carbocycles. The molecule has 0 radical (unpaired) electrons. The molecule has 0 saturated carbocycles. The molecule has 0 saturated heterocycles. The molecule has 0 unspecified atom stereocenters. The molecule has 0 rings (SSSR count). The molecular formula is C63H116O5. The van der Waals surface area contributed by atoms with Crippen LogP contribution in [0.5, 0.6) is 0 Å². The number of carbonyl (C=O) groups is 2. The lowest BCUT2D eigenvalue weighted by molar-refractivity contribution is -0.163. The SMILES string of the molecule is CC/C=C\C/C=C\C/C=C\C/C=C\CCCCCCC(=O)OC[C@@H](COCCCCCCCCCCCCCCCCCC)OC(=O)CCCCCCCCCCCCCCCCCCCCC. The zero-order valence-electron chi connectivity index (χ0n) is 45.9. The summed E-state index contributed by atoms with van der Waals surface area (Å²) in [6.07, 6.45) is 74.2. The van der Waals surface area contributed by atoms with Gasteiger partial charge in [0.15, 0.2) is 6.10 Å². The van der Waals surface area contributed by atoms with Crippen LogP contribution in [0.15, 0.2) is 48.6 Å². The number of hydrogen-bond donors (Lipinski definition) is 0. The molecule has 398 valence electrons. The first kappa shape index (κ1) is 65.9. The highest BCUT2D eigenvalue weighted by atomic mass is 16.6. The molecule has 0 heterocycles. The highest BCUT2D eigenvalue weighted by Crippen LogP contribution is 2.17. The zero-order chi connectivity index (χ0) is 49.2. The standard InChI is InChI=1S/C63H116O5/c1-4-7-10-13-16-19-22-25-28-31-32-34-36-39-42-45-48-51-54-57-63(65)68-61(59-66-58-55-52-49-46-43-40-37-30-27-24-21-18-15-12-9-6-3)60-67-62(64)56-53-50-47-44-41-38-35-33-29-26-23-20-17-14-11-8-5-2/h8,11,17,20,26,29,35,38,61H,4-7,9-10,12-16,18-19,21-25,27-28,30-34,36-37,39-60H2,1-3H3/b11-8-,20-17-,29-26-,38-35-/t61-/m1/s1. The largest absolute Gasteiger partial charge is 0.462 e. The minimum absolute atomic E-state index is 0.0779. The Labute approximate surface area is 424 Å². The summed E-state index contributed by atoms with van der Waals surface area (Å²) in [6.45, 7) is 7.76. The van der Waals surface area contributed by atoms with Gasteiger partial charge in [-0.05, 0) is 57.8 Å². The Hall–Kier alpha value is -2.14. The van der Waals surface area contributed by atoms with Crippen molar-refractivity contribution in [2.45, 2.75) is 322 Å². The summed E-state index contributed by atoms with van der Waals surface area (Å²) in [5, 5.41) is 0. The van der Waals surface area contributed by atoms with E-state index < -0.39 is 6.10 Å². The molecule has 0 bridgehead atoms. The Morgan fingerprint density at radius 2 is 0.662 bits per heavy atom. The third-order valence-corrected chi connectivity index (χ3v) is 13.4. The van der Waals surface area contributed by atoms with Crippen molar-refractivity contribution < 1.29 is 23.8 Å². The van der Waals surface area contributed by atoms with Crippen LogP contribution < -0.4 is 0 Å². The van der Waals surface area contributed by atoms with Crippen molar-refractivity contribution in [2.75, 3.05) is 19.8 Å². The molecule has 0 spiro atoms. The summed E-state index contributed by atoms with van der Waals surface area (Å²) >= 11 is 0. The van der Waals surface area contributed by atoms with Crippen LogP contribution in [0.4, 0.5) is 0 Å². The minimum Gasteiger partial charge on any atom is -0.462 e. The minimum atomic E-state index is -0.543. The van der Waals surface area contributed by atoms with Gasteiger partial charge in [0.05, 0.1) is 6.61 Å². The van der Waals surface area contributed by atoms with E-state index in [0.717, 1.165) is 77.0 Å². The highest BCUT2D eigenvalue weighted by Gasteiger charge is 2.17. The van der Waals surface area contributed by atoms with Crippen molar-refractivity contribution in [3.8, 4) is 0 Å². The summed E-state index contributed by atoms with van der Waals surface area (Å²) in [4.78, 5) is 25.6. The van der Waals surface area contributed by atoms with Crippen molar-refractivity contribution >= 4 is 11.9 Å². The summed E-state index contributed by atoms with van der Waals surface area (Å²) in [7, 11) is 0. The number of allylic oxidation sites excluding steroid dienone is 8. The van der Waals surface area contributed by atoms with Gasteiger partial charge in [-0.1, -0.05) is 294 Å². The maximum atomic E-state index is 12.9. The molecule has 0 aromatic heterocycles. The van der Waals surface area contributed by atoms with E-state index in [4.69, 9.17) is 14.2 Å². The quantitative estimate of drug-likeness (QED) is 0.0345. The molecule has 0 aliphatic rings. The summed E-state index contributed by atoms with van der Waals surface area (Å²) in [6, 6.07) is 0. The molecule has 0 aromatic carbocycles. The number of hydrogen-bond acceptors (Lipinski definition) is 5. The molecule has 0 N–H and O–H groups in total. The predicted molar refractivity (Wildman–Crippen MR) is 298 cm³/mol. The lowest BCUT2D eigenvalue weighted by Gasteiger charge is -2.18. The van der Waals surface area contributed by atoms with Crippen molar-refractivity contribution in [3.05, 3.63) is 48.6 Å². The van der Waals surface area contributed by atoms with Crippen molar-refractivity contribution in [1.29, 1.82) is 0 Å². The molecule has 0 aromatic rings. The van der Waals surface area contributed by atoms with Crippen LogP contribution in [0.1, 0.15) is 316 Å².